The first-order valence-corrected chi connectivity index (χ1v) is 7.70. The average Bonchev–Trinajstić information content (AvgIpc) is 2.53. The summed E-state index contributed by atoms with van der Waals surface area (Å²) >= 11 is 0. The van der Waals surface area contributed by atoms with Crippen LogP contribution < -0.4 is 10.2 Å². The fourth-order valence-electron chi connectivity index (χ4n) is 2.69. The van der Waals surface area contributed by atoms with Crippen LogP contribution in [0.15, 0.2) is 6.33 Å². The van der Waals surface area contributed by atoms with Gasteiger partial charge in [0, 0.05) is 26.7 Å². The lowest BCUT2D eigenvalue weighted by Gasteiger charge is -2.33. The number of hydrogen-bond donors (Lipinski definition) is 1. The molecule has 1 N–H and O–H groups in total. The van der Waals surface area contributed by atoms with E-state index in [1.807, 2.05) is 11.8 Å². The van der Waals surface area contributed by atoms with Gasteiger partial charge >= 0.3 is 0 Å². The minimum atomic E-state index is -0.253. The van der Waals surface area contributed by atoms with Crippen molar-refractivity contribution in [3.8, 4) is 0 Å². The number of anilines is 1. The lowest BCUT2D eigenvalue weighted by molar-refractivity contribution is 0.196. The van der Waals surface area contributed by atoms with Crippen molar-refractivity contribution >= 4 is 5.82 Å². The smallest absolute Gasteiger partial charge is 0.187 e. The Morgan fingerprint density at radius 3 is 2.81 bits per heavy atom. The summed E-state index contributed by atoms with van der Waals surface area (Å²) in [7, 11) is 1.71. The van der Waals surface area contributed by atoms with E-state index in [4.69, 9.17) is 4.74 Å². The van der Waals surface area contributed by atoms with Gasteiger partial charge in [0.15, 0.2) is 11.6 Å². The third-order valence-corrected chi connectivity index (χ3v) is 4.01. The number of ether oxygens (including phenoxy) is 1. The van der Waals surface area contributed by atoms with Crippen LogP contribution in [0.2, 0.25) is 0 Å². The van der Waals surface area contributed by atoms with E-state index in [0.29, 0.717) is 23.9 Å². The van der Waals surface area contributed by atoms with Gasteiger partial charge in [-0.15, -0.1) is 0 Å². The van der Waals surface area contributed by atoms with Gasteiger partial charge in [0.05, 0.1) is 12.3 Å². The van der Waals surface area contributed by atoms with Crippen molar-refractivity contribution in [2.75, 3.05) is 44.8 Å². The van der Waals surface area contributed by atoms with Gasteiger partial charge in [-0.25, -0.2) is 14.4 Å². The molecular formula is C15H25FN4O. The number of nitrogens with one attached hydrogen (secondary N) is 1. The van der Waals surface area contributed by atoms with Crippen molar-refractivity contribution in [2.24, 2.45) is 5.92 Å². The van der Waals surface area contributed by atoms with Crippen LogP contribution in [-0.4, -0.2) is 49.9 Å². The van der Waals surface area contributed by atoms with Crippen LogP contribution in [0.1, 0.15) is 25.5 Å². The molecule has 1 fully saturated rings. The molecule has 0 aliphatic carbocycles. The summed E-state index contributed by atoms with van der Waals surface area (Å²) in [5, 5.41) is 3.40. The number of aryl methyl sites for hydroxylation is 1. The Morgan fingerprint density at radius 1 is 1.38 bits per heavy atom. The first-order valence-electron chi connectivity index (χ1n) is 7.70. The summed E-state index contributed by atoms with van der Waals surface area (Å²) in [6.07, 6.45) is 4.19. The molecule has 0 radical (unpaired) electrons. The van der Waals surface area contributed by atoms with Gasteiger partial charge in [0.1, 0.15) is 6.33 Å². The Balaban J connectivity index is 1.84. The molecular weight excluding hydrogens is 271 g/mol. The third kappa shape index (κ3) is 4.35. The predicted molar refractivity (Wildman–Crippen MR) is 81.1 cm³/mol. The topological polar surface area (TPSA) is 50.3 Å². The van der Waals surface area contributed by atoms with E-state index < -0.39 is 0 Å². The maximum atomic E-state index is 14.2. The lowest BCUT2D eigenvalue weighted by atomic mass is 9.96. The van der Waals surface area contributed by atoms with Crippen LogP contribution in [0.5, 0.6) is 0 Å². The zero-order chi connectivity index (χ0) is 15.1. The Morgan fingerprint density at radius 2 is 2.14 bits per heavy atom. The van der Waals surface area contributed by atoms with Crippen molar-refractivity contribution in [3.63, 3.8) is 0 Å². The van der Waals surface area contributed by atoms with Gasteiger partial charge in [0.2, 0.25) is 0 Å². The summed E-state index contributed by atoms with van der Waals surface area (Å²) in [5.41, 5.74) is 0.503. The normalized spacial score (nSPS) is 16.4. The molecule has 0 atom stereocenters. The quantitative estimate of drug-likeness (QED) is 0.775. The number of aromatic nitrogens is 2. The SMILES string of the molecule is CCc1ncnc(N2CCC(CNCCOC)CC2)c1F. The average molecular weight is 296 g/mol. The molecule has 0 saturated carbocycles. The van der Waals surface area contributed by atoms with Crippen molar-refractivity contribution in [3.05, 3.63) is 17.8 Å². The second kappa shape index (κ2) is 8.24. The van der Waals surface area contributed by atoms with Crippen molar-refractivity contribution in [2.45, 2.75) is 26.2 Å². The highest BCUT2D eigenvalue weighted by atomic mass is 19.1. The maximum Gasteiger partial charge on any atom is 0.187 e. The molecule has 21 heavy (non-hydrogen) atoms. The molecule has 0 amide bonds. The predicted octanol–water partition coefficient (Wildman–Crippen LogP) is 1.63. The second-order valence-electron chi connectivity index (χ2n) is 5.44. The molecule has 1 saturated heterocycles. The number of hydrogen-bond acceptors (Lipinski definition) is 5. The number of halogens is 1. The zero-order valence-electron chi connectivity index (χ0n) is 12.9. The number of rotatable bonds is 7. The van der Waals surface area contributed by atoms with Crippen molar-refractivity contribution < 1.29 is 9.13 Å². The number of methoxy groups -OCH3 is 1. The van der Waals surface area contributed by atoms with Crippen LogP contribution in [0.4, 0.5) is 10.2 Å². The molecule has 0 unspecified atom stereocenters. The van der Waals surface area contributed by atoms with Crippen LogP contribution in [0.3, 0.4) is 0 Å². The fraction of sp³-hybridized carbons (Fsp3) is 0.733. The number of piperidine rings is 1. The first-order chi connectivity index (χ1) is 10.3. The van der Waals surface area contributed by atoms with Gasteiger partial charge in [-0.05, 0) is 31.7 Å². The largest absolute Gasteiger partial charge is 0.383 e. The molecule has 118 valence electrons. The molecule has 5 nitrogen and oxygen atoms in total. The van der Waals surface area contributed by atoms with E-state index >= 15 is 0 Å². The monoisotopic (exact) mass is 296 g/mol. The van der Waals surface area contributed by atoms with Crippen LogP contribution in [-0.2, 0) is 11.2 Å². The molecule has 0 bridgehead atoms. The fourth-order valence-corrected chi connectivity index (χ4v) is 2.69. The van der Waals surface area contributed by atoms with Gasteiger partial charge in [0.25, 0.3) is 0 Å². The summed E-state index contributed by atoms with van der Waals surface area (Å²) in [5.74, 6) is 0.859. The standard InChI is InChI=1S/C15H25FN4O/c1-3-13-14(16)15(19-11-18-13)20-7-4-12(5-8-20)10-17-6-9-21-2/h11-12,17H,3-10H2,1-2H3. The molecule has 1 aromatic heterocycles. The Labute approximate surface area is 125 Å². The van der Waals surface area contributed by atoms with Crippen LogP contribution in [0.25, 0.3) is 0 Å². The highest BCUT2D eigenvalue weighted by Gasteiger charge is 2.23. The minimum Gasteiger partial charge on any atom is -0.383 e. The van der Waals surface area contributed by atoms with E-state index in [-0.39, 0.29) is 5.82 Å². The van der Waals surface area contributed by atoms with E-state index in [1.165, 1.54) is 6.33 Å². The van der Waals surface area contributed by atoms with Gasteiger partial charge < -0.3 is 15.0 Å². The third-order valence-electron chi connectivity index (χ3n) is 4.01. The van der Waals surface area contributed by atoms with E-state index in [0.717, 1.165) is 45.6 Å². The highest BCUT2D eigenvalue weighted by Crippen LogP contribution is 2.24. The van der Waals surface area contributed by atoms with E-state index in [1.54, 1.807) is 7.11 Å². The van der Waals surface area contributed by atoms with Crippen molar-refractivity contribution in [1.82, 2.24) is 15.3 Å². The molecule has 0 spiro atoms. The molecule has 6 heteroatoms. The molecule has 1 aliphatic heterocycles. The Kier molecular flexibility index (Phi) is 6.32. The molecule has 1 aliphatic rings. The lowest BCUT2D eigenvalue weighted by Crippen LogP contribution is -2.38. The van der Waals surface area contributed by atoms with Gasteiger partial charge in [-0.1, -0.05) is 6.92 Å². The molecule has 1 aromatic rings. The first kappa shape index (κ1) is 16.1. The van der Waals surface area contributed by atoms with Crippen LogP contribution in [0, 0.1) is 11.7 Å². The zero-order valence-corrected chi connectivity index (χ0v) is 12.9. The molecule has 2 rings (SSSR count). The van der Waals surface area contributed by atoms with Crippen molar-refractivity contribution in [1.29, 1.82) is 0 Å². The summed E-state index contributed by atoms with van der Waals surface area (Å²) in [6, 6.07) is 0. The number of nitrogens with zero attached hydrogens (tertiary/aromatic N) is 3. The molecule has 2 heterocycles. The summed E-state index contributed by atoms with van der Waals surface area (Å²) in [6.45, 7) is 6.25. The van der Waals surface area contributed by atoms with Crippen LogP contribution >= 0.6 is 0 Å². The Hall–Kier alpha value is -1.27. The minimum absolute atomic E-state index is 0.253. The molecule has 0 aromatic carbocycles. The Bertz CT molecular complexity index is 436. The highest BCUT2D eigenvalue weighted by molar-refractivity contribution is 5.41. The van der Waals surface area contributed by atoms with E-state index in [2.05, 4.69) is 15.3 Å². The second-order valence-corrected chi connectivity index (χ2v) is 5.44. The maximum absolute atomic E-state index is 14.2. The van der Waals surface area contributed by atoms with E-state index in [9.17, 15) is 4.39 Å². The van der Waals surface area contributed by atoms with Gasteiger partial charge in [-0.2, -0.15) is 0 Å². The summed E-state index contributed by atoms with van der Waals surface area (Å²) < 4.78 is 19.3. The van der Waals surface area contributed by atoms with Gasteiger partial charge in [-0.3, -0.25) is 0 Å². The summed E-state index contributed by atoms with van der Waals surface area (Å²) in [4.78, 5) is 10.2.